The molecule has 1 heterocycles. The Hall–Kier alpha value is -2.14. The third-order valence-corrected chi connectivity index (χ3v) is 4.15. The second-order valence-corrected chi connectivity index (χ2v) is 5.69. The number of nitrogens with zero attached hydrogens (tertiary/aromatic N) is 1. The molecule has 3 rings (SSSR count). The first-order valence-electron chi connectivity index (χ1n) is 6.67. The fourth-order valence-corrected chi connectivity index (χ4v) is 3.03. The third-order valence-electron chi connectivity index (χ3n) is 3.17. The van der Waals surface area contributed by atoms with Crippen LogP contribution in [-0.2, 0) is 6.42 Å². The average molecular weight is 302 g/mol. The number of hydrogen-bond acceptors (Lipinski definition) is 4. The van der Waals surface area contributed by atoms with Crippen LogP contribution < -0.4 is 10.1 Å². The molecule has 1 aromatic heterocycles. The topological polar surface area (TPSA) is 34.1 Å². The molecule has 0 fully saturated rings. The first kappa shape index (κ1) is 13.8. The third kappa shape index (κ3) is 3.31. The van der Waals surface area contributed by atoms with Crippen LogP contribution in [0.15, 0.2) is 42.5 Å². The van der Waals surface area contributed by atoms with Crippen molar-refractivity contribution in [2.24, 2.45) is 0 Å². The van der Waals surface area contributed by atoms with Gasteiger partial charge in [0.05, 0.1) is 17.3 Å². The number of nitrogens with one attached hydrogen (secondary N) is 1. The number of thiazole rings is 1. The molecule has 108 valence electrons. The molecule has 0 saturated heterocycles. The lowest BCUT2D eigenvalue weighted by Gasteiger charge is -2.02. The number of hydrogen-bond donors (Lipinski definition) is 1. The summed E-state index contributed by atoms with van der Waals surface area (Å²) in [5.74, 6) is 0.636. The van der Waals surface area contributed by atoms with Gasteiger partial charge in [-0.15, -0.1) is 0 Å². The van der Waals surface area contributed by atoms with E-state index in [0.29, 0.717) is 0 Å². The molecule has 0 bridgehead atoms. The molecule has 0 saturated carbocycles. The Kier molecular flexibility index (Phi) is 4.01. The van der Waals surface area contributed by atoms with Gasteiger partial charge >= 0.3 is 0 Å². The summed E-state index contributed by atoms with van der Waals surface area (Å²) in [6, 6.07) is 12.5. The minimum Gasteiger partial charge on any atom is -0.497 e. The minimum atomic E-state index is -0.195. The van der Waals surface area contributed by atoms with Crippen molar-refractivity contribution in [3.63, 3.8) is 0 Å². The molecule has 0 spiro atoms. The number of fused-ring (bicyclic) bond motifs is 1. The van der Waals surface area contributed by atoms with E-state index in [1.807, 2.05) is 24.3 Å². The van der Waals surface area contributed by atoms with E-state index in [-0.39, 0.29) is 5.82 Å². The van der Waals surface area contributed by atoms with Crippen molar-refractivity contribution in [1.29, 1.82) is 0 Å². The summed E-state index contributed by atoms with van der Waals surface area (Å²) < 4.78 is 19.4. The molecule has 0 aliphatic heterocycles. The molecule has 21 heavy (non-hydrogen) atoms. The number of aromatic nitrogens is 1. The molecule has 0 aliphatic rings. The Bertz CT molecular complexity index is 757. The van der Waals surface area contributed by atoms with Crippen molar-refractivity contribution < 1.29 is 9.13 Å². The molecule has 3 aromatic rings. The van der Waals surface area contributed by atoms with Crippen LogP contribution in [-0.4, -0.2) is 18.6 Å². The van der Waals surface area contributed by atoms with Gasteiger partial charge in [-0.1, -0.05) is 23.5 Å². The first-order valence-corrected chi connectivity index (χ1v) is 7.49. The highest BCUT2D eigenvalue weighted by Crippen LogP contribution is 2.29. The minimum absolute atomic E-state index is 0.195. The van der Waals surface area contributed by atoms with Crippen molar-refractivity contribution in [3.8, 4) is 5.75 Å². The van der Waals surface area contributed by atoms with Crippen LogP contribution in [0.1, 0.15) is 5.56 Å². The molecule has 3 nitrogen and oxygen atoms in total. The van der Waals surface area contributed by atoms with Crippen molar-refractivity contribution >= 4 is 26.7 Å². The van der Waals surface area contributed by atoms with Gasteiger partial charge in [-0.25, -0.2) is 9.37 Å². The summed E-state index contributed by atoms with van der Waals surface area (Å²) >= 11 is 1.59. The van der Waals surface area contributed by atoms with Gasteiger partial charge in [0.15, 0.2) is 5.13 Å². The first-order chi connectivity index (χ1) is 10.2. The van der Waals surface area contributed by atoms with E-state index in [1.54, 1.807) is 30.6 Å². The second kappa shape index (κ2) is 6.10. The molecule has 0 aliphatic carbocycles. The van der Waals surface area contributed by atoms with E-state index in [2.05, 4.69) is 10.3 Å². The van der Waals surface area contributed by atoms with E-state index in [9.17, 15) is 4.39 Å². The van der Waals surface area contributed by atoms with E-state index in [0.717, 1.165) is 39.6 Å². The summed E-state index contributed by atoms with van der Waals surface area (Å²) in [6.45, 7) is 0.723. The van der Waals surface area contributed by atoms with Gasteiger partial charge in [0, 0.05) is 6.54 Å². The fourth-order valence-electron chi connectivity index (χ4n) is 2.11. The van der Waals surface area contributed by atoms with Gasteiger partial charge < -0.3 is 10.1 Å². The Morgan fingerprint density at radius 3 is 2.95 bits per heavy atom. The molecule has 0 amide bonds. The highest BCUT2D eigenvalue weighted by atomic mass is 32.1. The number of anilines is 1. The van der Waals surface area contributed by atoms with Crippen molar-refractivity contribution in [2.45, 2.75) is 6.42 Å². The number of halogens is 1. The van der Waals surface area contributed by atoms with E-state index in [1.165, 1.54) is 6.07 Å². The predicted molar refractivity (Wildman–Crippen MR) is 84.8 cm³/mol. The zero-order valence-corrected chi connectivity index (χ0v) is 12.4. The molecular formula is C16H15FN2OS. The van der Waals surface area contributed by atoms with Gasteiger partial charge in [-0.05, 0) is 42.3 Å². The monoisotopic (exact) mass is 302 g/mol. The summed E-state index contributed by atoms with van der Waals surface area (Å²) in [4.78, 5) is 4.51. The van der Waals surface area contributed by atoms with Gasteiger partial charge in [0.25, 0.3) is 0 Å². The summed E-state index contributed by atoms with van der Waals surface area (Å²) in [5.41, 5.74) is 1.93. The maximum absolute atomic E-state index is 13.1. The van der Waals surface area contributed by atoms with Crippen molar-refractivity contribution in [1.82, 2.24) is 4.98 Å². The molecule has 1 N–H and O–H groups in total. The molecule has 2 aromatic carbocycles. The highest BCUT2D eigenvalue weighted by molar-refractivity contribution is 7.22. The van der Waals surface area contributed by atoms with Crippen LogP contribution in [0.4, 0.5) is 9.52 Å². The average Bonchev–Trinajstić information content (AvgIpc) is 2.89. The van der Waals surface area contributed by atoms with Crippen LogP contribution in [0.25, 0.3) is 10.2 Å². The van der Waals surface area contributed by atoms with Crippen LogP contribution in [0.2, 0.25) is 0 Å². The van der Waals surface area contributed by atoms with E-state index < -0.39 is 0 Å². The zero-order valence-electron chi connectivity index (χ0n) is 11.6. The normalized spacial score (nSPS) is 10.8. The molecule has 0 atom stereocenters. The van der Waals surface area contributed by atoms with Crippen LogP contribution in [0.5, 0.6) is 5.75 Å². The van der Waals surface area contributed by atoms with Crippen LogP contribution in [0.3, 0.4) is 0 Å². The lowest BCUT2D eigenvalue weighted by atomic mass is 10.1. The predicted octanol–water partition coefficient (Wildman–Crippen LogP) is 4.10. The van der Waals surface area contributed by atoms with Gasteiger partial charge in [-0.3, -0.25) is 0 Å². The van der Waals surface area contributed by atoms with Crippen LogP contribution in [0, 0.1) is 5.82 Å². The smallest absolute Gasteiger partial charge is 0.183 e. The maximum Gasteiger partial charge on any atom is 0.183 e. The maximum atomic E-state index is 13.1. The lowest BCUT2D eigenvalue weighted by molar-refractivity contribution is 0.415. The van der Waals surface area contributed by atoms with Gasteiger partial charge in [0.2, 0.25) is 0 Å². The summed E-state index contributed by atoms with van der Waals surface area (Å²) in [7, 11) is 1.65. The summed E-state index contributed by atoms with van der Waals surface area (Å²) in [6.07, 6.45) is 0.761. The van der Waals surface area contributed by atoms with Crippen molar-refractivity contribution in [3.05, 3.63) is 53.8 Å². The zero-order chi connectivity index (χ0) is 14.7. The largest absolute Gasteiger partial charge is 0.497 e. The van der Waals surface area contributed by atoms with E-state index >= 15 is 0 Å². The number of benzene rings is 2. The molecule has 0 unspecified atom stereocenters. The highest BCUT2D eigenvalue weighted by Gasteiger charge is 2.04. The Morgan fingerprint density at radius 1 is 1.24 bits per heavy atom. The Balaban J connectivity index is 1.65. The van der Waals surface area contributed by atoms with Crippen molar-refractivity contribution in [2.75, 3.05) is 19.0 Å². The number of ether oxygens (including phenoxy) is 1. The standard InChI is InChI=1S/C16H15FN2OS/c1-20-13-5-6-14-15(10-13)21-16(19-14)18-8-7-11-3-2-4-12(17)9-11/h2-6,9-10H,7-8H2,1H3,(H,18,19). The molecule has 5 heteroatoms. The second-order valence-electron chi connectivity index (χ2n) is 4.66. The Morgan fingerprint density at radius 2 is 2.14 bits per heavy atom. The number of methoxy groups -OCH3 is 1. The fraction of sp³-hybridized carbons (Fsp3) is 0.188. The molecule has 0 radical (unpaired) electrons. The SMILES string of the molecule is COc1ccc2nc(NCCc3cccc(F)c3)sc2c1. The van der Waals surface area contributed by atoms with Gasteiger partial charge in [0.1, 0.15) is 11.6 Å². The van der Waals surface area contributed by atoms with E-state index in [4.69, 9.17) is 4.74 Å². The van der Waals surface area contributed by atoms with Crippen LogP contribution >= 0.6 is 11.3 Å². The number of rotatable bonds is 5. The quantitative estimate of drug-likeness (QED) is 0.770. The van der Waals surface area contributed by atoms with Gasteiger partial charge in [-0.2, -0.15) is 0 Å². The Labute approximate surface area is 126 Å². The lowest BCUT2D eigenvalue weighted by Crippen LogP contribution is -2.04. The summed E-state index contributed by atoms with van der Waals surface area (Å²) in [5, 5.41) is 4.15. The molecular weight excluding hydrogens is 287 g/mol.